The summed E-state index contributed by atoms with van der Waals surface area (Å²) in [5.41, 5.74) is -1.92. The predicted molar refractivity (Wildman–Crippen MR) is 63.7 cm³/mol. The van der Waals surface area contributed by atoms with Crippen LogP contribution >= 0.6 is 0 Å². The molecule has 1 heterocycles. The van der Waals surface area contributed by atoms with Crippen LogP contribution in [-0.2, 0) is 14.4 Å². The van der Waals surface area contributed by atoms with E-state index in [4.69, 9.17) is 0 Å². The highest BCUT2D eigenvalue weighted by molar-refractivity contribution is 6.09. The Labute approximate surface area is 106 Å². The molecule has 0 spiro atoms. The van der Waals surface area contributed by atoms with Crippen LogP contribution in [0.4, 0.5) is 0 Å². The van der Waals surface area contributed by atoms with E-state index in [1.807, 2.05) is 13.8 Å². The van der Waals surface area contributed by atoms with Gasteiger partial charge in [0, 0.05) is 6.42 Å². The lowest BCUT2D eigenvalue weighted by Crippen LogP contribution is -2.62. The highest BCUT2D eigenvalue weighted by Crippen LogP contribution is 2.47. The van der Waals surface area contributed by atoms with Crippen LogP contribution in [0.2, 0.25) is 0 Å². The third-order valence-electron chi connectivity index (χ3n) is 4.76. The zero-order valence-corrected chi connectivity index (χ0v) is 10.9. The first-order chi connectivity index (χ1) is 8.43. The summed E-state index contributed by atoms with van der Waals surface area (Å²) in [7, 11) is 0. The molecule has 1 aliphatic carbocycles. The Morgan fingerprint density at radius 3 is 2.11 bits per heavy atom. The molecule has 2 amide bonds. The van der Waals surface area contributed by atoms with E-state index in [1.54, 1.807) is 0 Å². The second kappa shape index (κ2) is 4.07. The molecule has 0 aromatic heterocycles. The fourth-order valence-electron chi connectivity index (χ4n) is 3.07. The highest BCUT2D eigenvalue weighted by Gasteiger charge is 2.61. The van der Waals surface area contributed by atoms with Gasteiger partial charge in [-0.2, -0.15) is 0 Å². The van der Waals surface area contributed by atoms with Gasteiger partial charge in [-0.3, -0.25) is 14.5 Å². The second-order valence-corrected chi connectivity index (χ2v) is 5.39. The van der Waals surface area contributed by atoms with E-state index >= 15 is 0 Å². The van der Waals surface area contributed by atoms with Crippen molar-refractivity contribution in [3.63, 3.8) is 0 Å². The molecule has 0 atom stereocenters. The van der Waals surface area contributed by atoms with Gasteiger partial charge in [0.05, 0.1) is 5.41 Å². The summed E-state index contributed by atoms with van der Waals surface area (Å²) in [6.07, 6.45) is 2.87. The Kier molecular flexibility index (Phi) is 2.95. The van der Waals surface area contributed by atoms with E-state index in [9.17, 15) is 19.5 Å². The third kappa shape index (κ3) is 1.42. The fraction of sp³-hybridized carbons (Fsp3) is 0.769. The minimum absolute atomic E-state index is 0.161. The zero-order chi connectivity index (χ0) is 13.6. The zero-order valence-electron chi connectivity index (χ0n) is 10.9. The van der Waals surface area contributed by atoms with Crippen molar-refractivity contribution in [3.05, 3.63) is 0 Å². The molecule has 0 aromatic rings. The molecule has 1 saturated heterocycles. The van der Waals surface area contributed by atoms with Gasteiger partial charge in [-0.15, -0.1) is 0 Å². The van der Waals surface area contributed by atoms with Crippen molar-refractivity contribution in [2.45, 2.75) is 57.9 Å². The topological polar surface area (TPSA) is 74.7 Å². The molecule has 2 rings (SSSR count). The summed E-state index contributed by atoms with van der Waals surface area (Å²) in [6.45, 7) is 3.76. The summed E-state index contributed by atoms with van der Waals surface area (Å²) < 4.78 is 0. The molecule has 2 aliphatic rings. The van der Waals surface area contributed by atoms with Gasteiger partial charge in [0.2, 0.25) is 11.8 Å². The van der Waals surface area contributed by atoms with Crippen molar-refractivity contribution >= 4 is 17.8 Å². The molecule has 1 saturated carbocycles. The molecule has 0 aromatic carbocycles. The van der Waals surface area contributed by atoms with Gasteiger partial charge < -0.3 is 5.11 Å². The number of hydrogen-bond donors (Lipinski definition) is 1. The SMILES string of the molecule is CCC1(CC)CC(=O)N(C2(C(=O)O)CCC2)C1=O. The molecule has 0 unspecified atom stereocenters. The minimum atomic E-state index is -1.25. The van der Waals surface area contributed by atoms with Crippen LogP contribution in [0.1, 0.15) is 52.4 Å². The number of hydrogen-bond acceptors (Lipinski definition) is 3. The number of carbonyl (C=O) groups excluding carboxylic acids is 2. The fourth-order valence-corrected chi connectivity index (χ4v) is 3.07. The maximum Gasteiger partial charge on any atom is 0.330 e. The van der Waals surface area contributed by atoms with E-state index < -0.39 is 16.9 Å². The number of amides is 2. The number of likely N-dealkylation sites (tertiary alicyclic amines) is 1. The normalized spacial score (nSPS) is 25.1. The number of rotatable bonds is 4. The molecule has 100 valence electrons. The molecule has 2 fully saturated rings. The maximum atomic E-state index is 12.5. The Balaban J connectivity index is 2.38. The van der Waals surface area contributed by atoms with Gasteiger partial charge in [-0.05, 0) is 32.1 Å². The van der Waals surface area contributed by atoms with Gasteiger partial charge >= 0.3 is 5.97 Å². The Morgan fingerprint density at radius 2 is 1.83 bits per heavy atom. The lowest BCUT2D eigenvalue weighted by Gasteiger charge is -2.44. The molecule has 0 radical (unpaired) electrons. The van der Waals surface area contributed by atoms with E-state index in [1.165, 1.54) is 0 Å². The number of imide groups is 1. The van der Waals surface area contributed by atoms with Crippen molar-refractivity contribution in [3.8, 4) is 0 Å². The number of carboxylic acids is 1. The summed E-state index contributed by atoms with van der Waals surface area (Å²) in [5, 5.41) is 9.35. The number of aliphatic carboxylic acids is 1. The smallest absolute Gasteiger partial charge is 0.330 e. The molecular formula is C13H19NO4. The second-order valence-electron chi connectivity index (χ2n) is 5.39. The Hall–Kier alpha value is -1.39. The van der Waals surface area contributed by atoms with Crippen LogP contribution in [0.15, 0.2) is 0 Å². The predicted octanol–water partition coefficient (Wildman–Crippen LogP) is 1.56. The van der Waals surface area contributed by atoms with Crippen LogP contribution in [-0.4, -0.2) is 33.3 Å². The first kappa shape index (κ1) is 13.1. The first-order valence-corrected chi connectivity index (χ1v) is 6.54. The van der Waals surface area contributed by atoms with E-state index in [2.05, 4.69) is 0 Å². The van der Waals surface area contributed by atoms with Crippen LogP contribution in [0.5, 0.6) is 0 Å². The maximum absolute atomic E-state index is 12.5. The monoisotopic (exact) mass is 253 g/mol. The van der Waals surface area contributed by atoms with Gasteiger partial charge in [0.15, 0.2) is 0 Å². The largest absolute Gasteiger partial charge is 0.479 e. The average molecular weight is 253 g/mol. The van der Waals surface area contributed by atoms with Gasteiger partial charge in [0.25, 0.3) is 0 Å². The third-order valence-corrected chi connectivity index (χ3v) is 4.76. The van der Waals surface area contributed by atoms with Crippen LogP contribution in [0.3, 0.4) is 0 Å². The molecule has 5 heteroatoms. The van der Waals surface area contributed by atoms with Gasteiger partial charge in [-0.1, -0.05) is 13.8 Å². The van der Waals surface area contributed by atoms with Crippen molar-refractivity contribution in [2.24, 2.45) is 5.41 Å². The van der Waals surface area contributed by atoms with E-state index in [-0.39, 0.29) is 18.2 Å². The van der Waals surface area contributed by atoms with Crippen LogP contribution < -0.4 is 0 Å². The van der Waals surface area contributed by atoms with Crippen molar-refractivity contribution in [1.29, 1.82) is 0 Å². The van der Waals surface area contributed by atoms with E-state index in [0.717, 1.165) is 11.3 Å². The summed E-state index contributed by atoms with van der Waals surface area (Å²) in [5.74, 6) is -1.64. The number of nitrogens with zero attached hydrogens (tertiary/aromatic N) is 1. The van der Waals surface area contributed by atoms with Crippen LogP contribution in [0, 0.1) is 5.41 Å². The molecule has 5 nitrogen and oxygen atoms in total. The van der Waals surface area contributed by atoms with Gasteiger partial charge in [-0.25, -0.2) is 4.79 Å². The lowest BCUT2D eigenvalue weighted by atomic mass is 9.74. The minimum Gasteiger partial charge on any atom is -0.479 e. The van der Waals surface area contributed by atoms with Crippen molar-refractivity contribution in [2.75, 3.05) is 0 Å². The standard InChI is InChI=1S/C13H19NO4/c1-3-12(4-2)8-9(15)14(10(12)16)13(11(17)18)6-5-7-13/h3-8H2,1-2H3,(H,17,18). The quantitative estimate of drug-likeness (QED) is 0.771. The first-order valence-electron chi connectivity index (χ1n) is 6.54. The van der Waals surface area contributed by atoms with Gasteiger partial charge in [0.1, 0.15) is 5.54 Å². The summed E-state index contributed by atoms with van der Waals surface area (Å²) in [6, 6.07) is 0. The average Bonchev–Trinajstić information content (AvgIpc) is 2.52. The molecule has 1 N–H and O–H groups in total. The number of carbonyl (C=O) groups is 3. The molecule has 0 bridgehead atoms. The highest BCUT2D eigenvalue weighted by atomic mass is 16.4. The van der Waals surface area contributed by atoms with E-state index in [0.29, 0.717) is 25.7 Å². The Morgan fingerprint density at radius 1 is 1.28 bits per heavy atom. The molecular weight excluding hydrogens is 234 g/mol. The van der Waals surface area contributed by atoms with Crippen molar-refractivity contribution < 1.29 is 19.5 Å². The summed E-state index contributed by atoms with van der Waals surface area (Å²) >= 11 is 0. The number of carboxylic acid groups (broad SMARTS) is 1. The van der Waals surface area contributed by atoms with Crippen LogP contribution in [0.25, 0.3) is 0 Å². The molecule has 18 heavy (non-hydrogen) atoms. The summed E-state index contributed by atoms with van der Waals surface area (Å²) in [4.78, 5) is 37.1. The molecule has 1 aliphatic heterocycles. The lowest BCUT2D eigenvalue weighted by molar-refractivity contribution is -0.170. The Bertz CT molecular complexity index is 407. The van der Waals surface area contributed by atoms with Crippen molar-refractivity contribution in [1.82, 2.24) is 4.90 Å².